The van der Waals surface area contributed by atoms with E-state index in [2.05, 4.69) is 27.6 Å². The monoisotopic (exact) mass is 494 g/mol. The Kier molecular flexibility index (Phi) is 6.94. The first-order chi connectivity index (χ1) is 12.4. The molecule has 1 heterocycles. The van der Waals surface area contributed by atoms with Gasteiger partial charge in [0.1, 0.15) is 11.6 Å². The zero-order valence-electron chi connectivity index (χ0n) is 13.9. The molecule has 26 heavy (non-hydrogen) atoms. The van der Waals surface area contributed by atoms with Crippen LogP contribution in [-0.2, 0) is 6.18 Å². The molecule has 3 rings (SSSR count). The van der Waals surface area contributed by atoms with E-state index in [1.165, 1.54) is 19.2 Å². The van der Waals surface area contributed by atoms with Crippen molar-refractivity contribution < 1.29 is 17.9 Å². The van der Waals surface area contributed by atoms with Gasteiger partial charge < -0.3 is 4.74 Å². The lowest BCUT2D eigenvalue weighted by Gasteiger charge is -2.13. The van der Waals surface area contributed by atoms with Crippen LogP contribution in [0.5, 0.6) is 5.75 Å². The van der Waals surface area contributed by atoms with Crippen LogP contribution in [0.4, 0.5) is 13.2 Å². The van der Waals surface area contributed by atoms with E-state index in [1.54, 1.807) is 35.2 Å². The first-order valence-corrected chi connectivity index (χ1v) is 9.86. The van der Waals surface area contributed by atoms with Crippen molar-refractivity contribution in [2.75, 3.05) is 12.0 Å². The van der Waals surface area contributed by atoms with Gasteiger partial charge in [-0.15, -0.1) is 0 Å². The molecule has 0 radical (unpaired) electrons. The van der Waals surface area contributed by atoms with Crippen LogP contribution >= 0.6 is 34.2 Å². The summed E-state index contributed by atoms with van der Waals surface area (Å²) in [6, 6.07) is 9.95. The van der Waals surface area contributed by atoms with Gasteiger partial charge in [0.05, 0.1) is 18.4 Å². The van der Waals surface area contributed by atoms with Crippen molar-refractivity contribution in [3.05, 3.63) is 65.4 Å². The van der Waals surface area contributed by atoms with E-state index in [0.29, 0.717) is 27.8 Å². The third-order valence-corrected chi connectivity index (χ3v) is 3.75. The number of benzene rings is 2. The van der Waals surface area contributed by atoms with Crippen LogP contribution in [0.3, 0.4) is 0 Å². The SMILES string of the molecule is CI.COc1ccc(Cl)cc1-n1ccnc1-c1ccc(C(F)(F)F)cc1. The number of halogens is 5. The Hall–Kier alpha value is -1.74. The predicted molar refractivity (Wildman–Crippen MR) is 106 cm³/mol. The van der Waals surface area contributed by atoms with Crippen molar-refractivity contribution >= 4 is 34.2 Å². The average Bonchev–Trinajstić information content (AvgIpc) is 3.12. The number of hydrogen-bond acceptors (Lipinski definition) is 2. The highest BCUT2D eigenvalue weighted by atomic mass is 127. The fourth-order valence-electron chi connectivity index (χ4n) is 2.37. The maximum Gasteiger partial charge on any atom is 0.416 e. The van der Waals surface area contributed by atoms with E-state index in [1.807, 2.05) is 4.93 Å². The molecule has 0 amide bonds. The summed E-state index contributed by atoms with van der Waals surface area (Å²) < 4.78 is 45.1. The molecule has 0 N–H and O–H groups in total. The summed E-state index contributed by atoms with van der Waals surface area (Å²) in [6.45, 7) is 0. The van der Waals surface area contributed by atoms with Crippen LogP contribution in [-0.4, -0.2) is 21.6 Å². The summed E-state index contributed by atoms with van der Waals surface area (Å²) in [5.74, 6) is 1.06. The minimum absolute atomic E-state index is 0.490. The summed E-state index contributed by atoms with van der Waals surface area (Å²) >= 11 is 8.20. The Morgan fingerprint density at radius 3 is 2.31 bits per heavy atom. The second-order valence-electron chi connectivity index (χ2n) is 5.01. The summed E-state index contributed by atoms with van der Waals surface area (Å²) in [7, 11) is 1.53. The van der Waals surface area contributed by atoms with Crippen LogP contribution in [0, 0.1) is 0 Å². The van der Waals surface area contributed by atoms with Crippen LogP contribution < -0.4 is 4.74 Å². The van der Waals surface area contributed by atoms with Crippen LogP contribution in [0.25, 0.3) is 17.1 Å². The summed E-state index contributed by atoms with van der Waals surface area (Å²) in [4.78, 5) is 6.21. The van der Waals surface area contributed by atoms with Crippen molar-refractivity contribution in [3.63, 3.8) is 0 Å². The van der Waals surface area contributed by atoms with Gasteiger partial charge in [-0.2, -0.15) is 13.2 Å². The highest BCUT2D eigenvalue weighted by molar-refractivity contribution is 14.1. The minimum atomic E-state index is -4.37. The fourth-order valence-corrected chi connectivity index (χ4v) is 2.54. The molecule has 0 unspecified atom stereocenters. The fraction of sp³-hybridized carbons (Fsp3) is 0.167. The summed E-state index contributed by atoms with van der Waals surface area (Å²) in [5.41, 5.74) is 0.497. The molecule has 0 saturated carbocycles. The largest absolute Gasteiger partial charge is 0.495 e. The number of rotatable bonds is 3. The number of ether oxygens (including phenoxy) is 1. The maximum absolute atomic E-state index is 12.7. The molecule has 0 aliphatic heterocycles. The molecule has 0 saturated heterocycles. The van der Waals surface area contributed by atoms with Crippen LogP contribution in [0.1, 0.15) is 5.56 Å². The molecule has 0 aliphatic rings. The second-order valence-corrected chi connectivity index (χ2v) is 5.45. The van der Waals surface area contributed by atoms with Crippen LogP contribution in [0.2, 0.25) is 5.02 Å². The molecule has 1 aromatic heterocycles. The van der Waals surface area contributed by atoms with Gasteiger partial charge in [-0.3, -0.25) is 4.57 Å². The molecule has 0 atom stereocenters. The average molecular weight is 495 g/mol. The molecule has 0 bridgehead atoms. The van der Waals surface area contributed by atoms with Gasteiger partial charge in [0, 0.05) is 23.0 Å². The van der Waals surface area contributed by atoms with E-state index in [9.17, 15) is 13.2 Å². The van der Waals surface area contributed by atoms with Gasteiger partial charge in [0.2, 0.25) is 0 Å². The lowest BCUT2D eigenvalue weighted by atomic mass is 10.1. The van der Waals surface area contributed by atoms with Gasteiger partial charge in [-0.25, -0.2) is 4.98 Å². The molecular formula is C18H15ClF3IN2O. The van der Waals surface area contributed by atoms with Gasteiger partial charge in [0.25, 0.3) is 0 Å². The number of hydrogen-bond donors (Lipinski definition) is 0. The Bertz CT molecular complexity index is 864. The highest BCUT2D eigenvalue weighted by Crippen LogP contribution is 2.33. The van der Waals surface area contributed by atoms with E-state index in [4.69, 9.17) is 16.3 Å². The lowest BCUT2D eigenvalue weighted by molar-refractivity contribution is -0.137. The van der Waals surface area contributed by atoms with E-state index >= 15 is 0 Å². The van der Waals surface area contributed by atoms with Crippen molar-refractivity contribution in [1.82, 2.24) is 9.55 Å². The molecule has 138 valence electrons. The highest BCUT2D eigenvalue weighted by Gasteiger charge is 2.30. The second kappa shape index (κ2) is 8.77. The lowest BCUT2D eigenvalue weighted by Crippen LogP contribution is -2.04. The number of nitrogens with zero attached hydrogens (tertiary/aromatic N) is 2. The van der Waals surface area contributed by atoms with Crippen LogP contribution in [0.15, 0.2) is 54.9 Å². The van der Waals surface area contributed by atoms with Crippen molar-refractivity contribution in [1.29, 1.82) is 0 Å². The molecule has 0 spiro atoms. The predicted octanol–water partition coefficient (Wildman–Crippen LogP) is 6.27. The summed E-state index contributed by atoms with van der Waals surface area (Å²) in [5, 5.41) is 0.512. The Morgan fingerprint density at radius 2 is 1.73 bits per heavy atom. The first kappa shape index (κ1) is 20.6. The van der Waals surface area contributed by atoms with Crippen molar-refractivity contribution in [2.24, 2.45) is 0 Å². The quantitative estimate of drug-likeness (QED) is 0.317. The molecule has 3 nitrogen and oxygen atoms in total. The number of alkyl halides is 4. The smallest absolute Gasteiger partial charge is 0.416 e. The molecule has 0 aliphatic carbocycles. The molecular weight excluding hydrogens is 480 g/mol. The molecule has 0 fully saturated rings. The van der Waals surface area contributed by atoms with E-state index in [-0.39, 0.29) is 0 Å². The zero-order chi connectivity index (χ0) is 19.3. The van der Waals surface area contributed by atoms with Crippen molar-refractivity contribution in [2.45, 2.75) is 6.18 Å². The number of methoxy groups -OCH3 is 1. The Labute approximate surface area is 167 Å². The maximum atomic E-state index is 12.7. The first-order valence-electron chi connectivity index (χ1n) is 7.33. The topological polar surface area (TPSA) is 27.1 Å². The molecule has 2 aromatic carbocycles. The van der Waals surface area contributed by atoms with Gasteiger partial charge in [-0.05, 0) is 35.3 Å². The third kappa shape index (κ3) is 4.50. The Morgan fingerprint density at radius 1 is 1.08 bits per heavy atom. The van der Waals surface area contributed by atoms with Crippen molar-refractivity contribution in [3.8, 4) is 22.8 Å². The third-order valence-electron chi connectivity index (χ3n) is 3.51. The molecule has 3 aromatic rings. The Balaban J connectivity index is 0.00000117. The van der Waals surface area contributed by atoms with Gasteiger partial charge in [-0.1, -0.05) is 46.3 Å². The zero-order valence-corrected chi connectivity index (χ0v) is 16.8. The standard InChI is InChI=1S/C17H12ClF3N2O.CH3I/c1-24-15-7-6-13(18)10-14(15)23-9-8-22-16(23)11-2-4-12(5-3-11)17(19,20)21;1-2/h2-10H,1H3;1H3. The van der Waals surface area contributed by atoms with Gasteiger partial charge >= 0.3 is 6.18 Å². The van der Waals surface area contributed by atoms with Gasteiger partial charge in [0.15, 0.2) is 0 Å². The number of imidazole rings is 1. The van der Waals surface area contributed by atoms with E-state index < -0.39 is 11.7 Å². The number of aromatic nitrogens is 2. The normalized spacial score (nSPS) is 10.9. The molecule has 8 heteroatoms. The summed E-state index contributed by atoms with van der Waals surface area (Å²) in [6.07, 6.45) is -1.11. The van der Waals surface area contributed by atoms with E-state index in [0.717, 1.165) is 12.1 Å². The minimum Gasteiger partial charge on any atom is -0.495 e.